The van der Waals surface area contributed by atoms with Crippen LogP contribution in [-0.2, 0) is 0 Å². The van der Waals surface area contributed by atoms with E-state index in [-0.39, 0.29) is 10.8 Å². The first-order chi connectivity index (χ1) is 11.0. The Balaban J connectivity index is 1.53. The van der Waals surface area contributed by atoms with Crippen LogP contribution in [0.15, 0.2) is 30.3 Å². The van der Waals surface area contributed by atoms with Crippen molar-refractivity contribution in [2.45, 2.75) is 19.9 Å². The van der Waals surface area contributed by atoms with Crippen molar-refractivity contribution in [2.75, 3.05) is 44.6 Å². The second kappa shape index (κ2) is 5.43. The zero-order valence-electron chi connectivity index (χ0n) is 14.0. The molecular weight excluding hydrogens is 304 g/mol. The van der Waals surface area contributed by atoms with Gasteiger partial charge in [-0.3, -0.25) is 0 Å². The third kappa shape index (κ3) is 2.75. The third-order valence-electron chi connectivity index (χ3n) is 5.77. The zero-order chi connectivity index (χ0) is 16.1. The van der Waals surface area contributed by atoms with Crippen molar-refractivity contribution in [3.05, 3.63) is 30.3 Å². The van der Waals surface area contributed by atoms with Crippen molar-refractivity contribution < 1.29 is 0 Å². The third-order valence-corrected chi connectivity index (χ3v) is 5.99. The van der Waals surface area contributed by atoms with Crippen LogP contribution in [0.2, 0.25) is 0 Å². The molecule has 2 N–H and O–H groups in total. The van der Waals surface area contributed by atoms with Crippen LogP contribution in [0, 0.1) is 10.8 Å². The number of nitrogens with zero attached hydrogens (tertiary/aromatic N) is 2. The van der Waals surface area contributed by atoms with E-state index in [0.717, 1.165) is 10.8 Å². The lowest BCUT2D eigenvalue weighted by atomic mass is 9.62. The van der Waals surface area contributed by atoms with Crippen molar-refractivity contribution in [1.82, 2.24) is 15.1 Å². The molecule has 4 fully saturated rings. The van der Waals surface area contributed by atoms with Gasteiger partial charge in [0.1, 0.15) is 0 Å². The molecule has 4 aliphatic rings. The minimum atomic E-state index is 0.254. The zero-order valence-corrected chi connectivity index (χ0v) is 14.8. The number of rotatable bonds is 2. The maximum Gasteiger partial charge on any atom is 0.171 e. The van der Waals surface area contributed by atoms with E-state index in [1.54, 1.807) is 0 Å². The molecule has 5 rings (SSSR count). The maximum atomic E-state index is 5.62. The van der Waals surface area contributed by atoms with E-state index >= 15 is 0 Å². The topological polar surface area (TPSA) is 30.5 Å². The first-order valence-corrected chi connectivity index (χ1v) is 8.95. The Labute approximate surface area is 144 Å². The number of nitrogens with one attached hydrogen (secondary N) is 2. The van der Waals surface area contributed by atoms with Crippen molar-refractivity contribution in [2.24, 2.45) is 10.8 Å². The second-order valence-electron chi connectivity index (χ2n) is 8.13. The van der Waals surface area contributed by atoms with Gasteiger partial charge in [0, 0.05) is 61.8 Å². The maximum absolute atomic E-state index is 5.62. The van der Waals surface area contributed by atoms with Gasteiger partial charge in [-0.2, -0.15) is 0 Å². The smallest absolute Gasteiger partial charge is 0.171 e. The van der Waals surface area contributed by atoms with Gasteiger partial charge in [-0.25, -0.2) is 0 Å². The molecule has 4 nitrogen and oxygen atoms in total. The van der Waals surface area contributed by atoms with Gasteiger partial charge in [0.05, 0.1) is 0 Å². The largest absolute Gasteiger partial charge is 0.358 e. The Kier molecular flexibility index (Phi) is 3.63. The minimum absolute atomic E-state index is 0.254. The molecule has 0 amide bonds. The quantitative estimate of drug-likeness (QED) is 0.810. The standard InChI is InChI=1S/C18H26N4S/c1-17-10-21-8-9-22(11-17)13-18(2,12-21)15(17)20-16(23)19-14-6-4-3-5-7-14/h3-7,15H,8-13H2,1-2H3,(H2,19,20,23). The van der Waals surface area contributed by atoms with Crippen LogP contribution in [-0.4, -0.2) is 60.2 Å². The molecule has 124 valence electrons. The van der Waals surface area contributed by atoms with E-state index in [1.807, 2.05) is 18.2 Å². The Bertz CT molecular complexity index is 564. The van der Waals surface area contributed by atoms with Crippen LogP contribution in [0.1, 0.15) is 13.8 Å². The number of benzene rings is 1. The molecule has 0 aliphatic carbocycles. The molecule has 4 aliphatic heterocycles. The van der Waals surface area contributed by atoms with Crippen molar-refractivity contribution >= 4 is 23.0 Å². The SMILES string of the molecule is CC12CN3CCN(C1)CC(C)(C3)C2NC(=S)Nc1ccccc1. The highest BCUT2D eigenvalue weighted by molar-refractivity contribution is 7.80. The van der Waals surface area contributed by atoms with Crippen LogP contribution >= 0.6 is 12.2 Å². The Hall–Kier alpha value is -1.17. The summed E-state index contributed by atoms with van der Waals surface area (Å²) >= 11 is 5.62. The number of hydrogen-bond donors (Lipinski definition) is 2. The highest BCUT2D eigenvalue weighted by Crippen LogP contribution is 2.47. The van der Waals surface area contributed by atoms with Gasteiger partial charge in [0.25, 0.3) is 0 Å². The highest BCUT2D eigenvalue weighted by Gasteiger charge is 2.57. The molecular formula is C18H26N4S. The molecule has 0 spiro atoms. The molecule has 1 aromatic carbocycles. The number of hydrogen-bond acceptors (Lipinski definition) is 3. The van der Waals surface area contributed by atoms with Gasteiger partial charge < -0.3 is 20.4 Å². The summed E-state index contributed by atoms with van der Waals surface area (Å²) in [4.78, 5) is 5.30. The molecule has 23 heavy (non-hydrogen) atoms. The number of para-hydroxylation sites is 1. The van der Waals surface area contributed by atoms with E-state index in [1.165, 1.54) is 39.3 Å². The molecule has 5 heteroatoms. The lowest BCUT2D eigenvalue weighted by Crippen LogP contribution is -2.72. The molecule has 0 aromatic heterocycles. The summed E-state index contributed by atoms with van der Waals surface area (Å²) in [5.41, 5.74) is 1.56. The second-order valence-corrected chi connectivity index (χ2v) is 8.54. The molecule has 0 unspecified atom stereocenters. The fourth-order valence-electron chi connectivity index (χ4n) is 5.23. The van der Waals surface area contributed by atoms with Gasteiger partial charge in [0.15, 0.2) is 5.11 Å². The lowest BCUT2D eigenvalue weighted by Gasteiger charge is -2.59. The fourth-order valence-corrected chi connectivity index (χ4v) is 5.46. The van der Waals surface area contributed by atoms with Crippen LogP contribution in [0.4, 0.5) is 5.69 Å². The summed E-state index contributed by atoms with van der Waals surface area (Å²) in [5, 5.41) is 7.78. The predicted octanol–water partition coefficient (Wildman–Crippen LogP) is 2.00. The first-order valence-electron chi connectivity index (χ1n) is 8.54. The van der Waals surface area contributed by atoms with E-state index in [0.29, 0.717) is 6.04 Å². The summed E-state index contributed by atoms with van der Waals surface area (Å²) in [6.45, 7) is 12.0. The van der Waals surface area contributed by atoms with Gasteiger partial charge >= 0.3 is 0 Å². The molecule has 1 aromatic rings. The lowest BCUT2D eigenvalue weighted by molar-refractivity contribution is -0.0668. The number of thiocarbonyl (C=S) groups is 1. The number of fused-ring (bicyclic) bond motifs is 1. The minimum Gasteiger partial charge on any atom is -0.358 e. The molecule has 0 saturated carbocycles. The highest BCUT2D eigenvalue weighted by atomic mass is 32.1. The van der Waals surface area contributed by atoms with E-state index in [9.17, 15) is 0 Å². The van der Waals surface area contributed by atoms with Crippen LogP contribution in [0.3, 0.4) is 0 Å². The average molecular weight is 331 g/mol. The van der Waals surface area contributed by atoms with Gasteiger partial charge in [-0.05, 0) is 24.4 Å². The fraction of sp³-hybridized carbons (Fsp3) is 0.611. The Morgan fingerprint density at radius 3 is 2.04 bits per heavy atom. The molecule has 4 heterocycles. The Morgan fingerprint density at radius 2 is 1.52 bits per heavy atom. The molecule has 4 bridgehead atoms. The molecule has 4 saturated heterocycles. The molecule has 0 radical (unpaired) electrons. The van der Waals surface area contributed by atoms with Gasteiger partial charge in [-0.15, -0.1) is 0 Å². The summed E-state index contributed by atoms with van der Waals surface area (Å²) < 4.78 is 0. The summed E-state index contributed by atoms with van der Waals surface area (Å²) in [6.07, 6.45) is 0. The van der Waals surface area contributed by atoms with Gasteiger partial charge in [-0.1, -0.05) is 32.0 Å². The number of anilines is 1. The summed E-state index contributed by atoms with van der Waals surface area (Å²) in [6, 6.07) is 10.6. The monoisotopic (exact) mass is 330 g/mol. The van der Waals surface area contributed by atoms with Crippen molar-refractivity contribution in [1.29, 1.82) is 0 Å². The number of piperidine rings is 2. The first kappa shape index (κ1) is 15.4. The predicted molar refractivity (Wildman–Crippen MR) is 98.7 cm³/mol. The van der Waals surface area contributed by atoms with E-state index in [4.69, 9.17) is 12.2 Å². The Morgan fingerprint density at radius 1 is 1.00 bits per heavy atom. The van der Waals surface area contributed by atoms with E-state index < -0.39 is 0 Å². The normalized spacial score (nSPS) is 41.4. The van der Waals surface area contributed by atoms with Crippen molar-refractivity contribution in [3.8, 4) is 0 Å². The summed E-state index contributed by atoms with van der Waals surface area (Å²) in [5.74, 6) is 0. The van der Waals surface area contributed by atoms with E-state index in [2.05, 4.69) is 46.4 Å². The molecule has 0 atom stereocenters. The van der Waals surface area contributed by atoms with Crippen LogP contribution in [0.5, 0.6) is 0 Å². The van der Waals surface area contributed by atoms with Gasteiger partial charge in [0.2, 0.25) is 0 Å². The van der Waals surface area contributed by atoms with Crippen LogP contribution < -0.4 is 10.6 Å². The van der Waals surface area contributed by atoms with Crippen LogP contribution in [0.25, 0.3) is 0 Å². The summed E-state index contributed by atoms with van der Waals surface area (Å²) in [7, 11) is 0. The van der Waals surface area contributed by atoms with Crippen molar-refractivity contribution in [3.63, 3.8) is 0 Å². The average Bonchev–Trinajstić information content (AvgIpc) is 2.70.